The summed E-state index contributed by atoms with van der Waals surface area (Å²) in [7, 11) is 0. The lowest BCUT2D eigenvalue weighted by atomic mass is 10.0. The van der Waals surface area contributed by atoms with Gasteiger partial charge in [0.25, 0.3) is 0 Å². The summed E-state index contributed by atoms with van der Waals surface area (Å²) in [5.74, 6) is 0.876. The van der Waals surface area contributed by atoms with E-state index in [1.807, 2.05) is 47.5 Å². The molecule has 1 amide bonds. The van der Waals surface area contributed by atoms with Crippen molar-refractivity contribution in [1.82, 2.24) is 9.88 Å². The normalized spacial score (nSPS) is 11.7. The molecule has 0 radical (unpaired) electrons. The van der Waals surface area contributed by atoms with E-state index in [1.165, 1.54) is 0 Å². The average molecular weight is 486 g/mol. The third-order valence-corrected chi connectivity index (χ3v) is 6.12. The first-order valence-corrected chi connectivity index (χ1v) is 12.4. The molecule has 0 aliphatic carbocycles. The minimum absolute atomic E-state index is 0. The second-order valence-electron chi connectivity index (χ2n) is 8.85. The quantitative estimate of drug-likeness (QED) is 0.265. The van der Waals surface area contributed by atoms with E-state index in [1.54, 1.807) is 0 Å². The molecule has 1 heterocycles. The molecule has 0 saturated heterocycles. The summed E-state index contributed by atoms with van der Waals surface area (Å²) in [6, 6.07) is 15.6. The Hall–Kier alpha value is -2.50. The monoisotopic (exact) mass is 485 g/mol. The predicted octanol–water partition coefficient (Wildman–Crippen LogP) is 6.25. The van der Waals surface area contributed by atoms with Crippen LogP contribution in [0.1, 0.15) is 63.5 Å². The van der Waals surface area contributed by atoms with Gasteiger partial charge in [-0.15, -0.1) is 12.4 Å². The van der Waals surface area contributed by atoms with E-state index in [0.29, 0.717) is 13.0 Å². The molecular weight excluding hydrogens is 446 g/mol. The molecule has 1 atom stereocenters. The number of nitrogens with two attached hydrogens (primary N) is 1. The highest BCUT2D eigenvalue weighted by atomic mass is 35.5. The molecule has 0 bridgehead atoms. The standard InChI is InChI=1S/C28H39N3O2.ClH/c1-3-5-10-16-31(17-11-6-4-2)28(32)26(29)18-23-20-30-27-15-14-24(19-25(23)27)33-21-22-12-8-7-9-13-22;/h7-9,12-15,19-20,26,30H,3-6,10-11,16-18,21,29H2,1-2H3;1H. The Morgan fingerprint density at radius 2 is 1.68 bits per heavy atom. The minimum Gasteiger partial charge on any atom is -0.489 e. The van der Waals surface area contributed by atoms with Crippen molar-refractivity contribution < 1.29 is 9.53 Å². The summed E-state index contributed by atoms with van der Waals surface area (Å²) in [5.41, 5.74) is 9.66. The highest BCUT2D eigenvalue weighted by molar-refractivity contribution is 5.87. The summed E-state index contributed by atoms with van der Waals surface area (Å²) in [4.78, 5) is 18.5. The lowest BCUT2D eigenvalue weighted by Gasteiger charge is -2.26. The summed E-state index contributed by atoms with van der Waals surface area (Å²) in [6.07, 6.45) is 9.13. The summed E-state index contributed by atoms with van der Waals surface area (Å²) < 4.78 is 6.00. The van der Waals surface area contributed by atoms with Gasteiger partial charge in [0.2, 0.25) is 5.91 Å². The van der Waals surface area contributed by atoms with Crippen LogP contribution in [0.5, 0.6) is 5.75 Å². The molecule has 0 fully saturated rings. The molecule has 34 heavy (non-hydrogen) atoms. The molecule has 3 aromatic rings. The highest BCUT2D eigenvalue weighted by Crippen LogP contribution is 2.25. The molecule has 0 aliphatic rings. The zero-order valence-corrected chi connectivity index (χ0v) is 21.4. The summed E-state index contributed by atoms with van der Waals surface area (Å²) in [5, 5.41) is 1.06. The van der Waals surface area contributed by atoms with Crippen LogP contribution in [0.25, 0.3) is 10.9 Å². The molecule has 0 saturated carbocycles. The van der Waals surface area contributed by atoms with Gasteiger partial charge in [-0.1, -0.05) is 69.9 Å². The van der Waals surface area contributed by atoms with Crippen LogP contribution in [0.3, 0.4) is 0 Å². The van der Waals surface area contributed by atoms with Crippen molar-refractivity contribution in [1.29, 1.82) is 0 Å². The van der Waals surface area contributed by atoms with Crippen molar-refractivity contribution in [3.05, 3.63) is 65.9 Å². The van der Waals surface area contributed by atoms with E-state index in [4.69, 9.17) is 10.5 Å². The van der Waals surface area contributed by atoms with Crippen LogP contribution in [0.15, 0.2) is 54.7 Å². The Kier molecular flexibility index (Phi) is 12.0. The number of nitrogens with zero attached hydrogens (tertiary/aromatic N) is 1. The van der Waals surface area contributed by atoms with Gasteiger partial charge >= 0.3 is 0 Å². The van der Waals surface area contributed by atoms with Crippen molar-refractivity contribution in [2.45, 2.75) is 71.4 Å². The molecule has 6 heteroatoms. The fourth-order valence-corrected chi connectivity index (χ4v) is 4.15. The van der Waals surface area contributed by atoms with Crippen LogP contribution in [-0.2, 0) is 17.8 Å². The third-order valence-electron chi connectivity index (χ3n) is 6.12. The van der Waals surface area contributed by atoms with E-state index in [9.17, 15) is 4.79 Å². The fourth-order valence-electron chi connectivity index (χ4n) is 4.15. The number of carbonyl (C=O) groups excluding carboxylic acids is 1. The number of hydrogen-bond donors (Lipinski definition) is 2. The minimum atomic E-state index is -0.541. The zero-order chi connectivity index (χ0) is 23.5. The number of hydrogen-bond acceptors (Lipinski definition) is 3. The maximum Gasteiger partial charge on any atom is 0.239 e. The van der Waals surface area contributed by atoms with Crippen molar-refractivity contribution in [2.75, 3.05) is 13.1 Å². The zero-order valence-electron chi connectivity index (χ0n) is 20.6. The number of halogens is 1. The van der Waals surface area contributed by atoms with E-state index >= 15 is 0 Å². The van der Waals surface area contributed by atoms with Crippen LogP contribution in [0.4, 0.5) is 0 Å². The van der Waals surface area contributed by atoms with Gasteiger partial charge in [-0.3, -0.25) is 4.79 Å². The van der Waals surface area contributed by atoms with E-state index < -0.39 is 6.04 Å². The molecule has 1 aromatic heterocycles. The van der Waals surface area contributed by atoms with Gasteiger partial charge in [0.15, 0.2) is 0 Å². The SMILES string of the molecule is CCCCCN(CCCCC)C(=O)C(N)Cc1c[nH]c2ccc(OCc3ccccc3)cc12.Cl. The molecule has 1 unspecified atom stereocenters. The molecule has 3 rings (SSSR count). The molecule has 5 nitrogen and oxygen atoms in total. The molecular formula is C28H40ClN3O2. The Morgan fingerprint density at radius 3 is 2.32 bits per heavy atom. The first kappa shape index (κ1) is 27.7. The summed E-state index contributed by atoms with van der Waals surface area (Å²) in [6.45, 7) is 6.49. The molecule has 0 spiro atoms. The second kappa shape index (κ2) is 14.7. The van der Waals surface area contributed by atoms with Gasteiger partial charge in [0.1, 0.15) is 12.4 Å². The first-order valence-electron chi connectivity index (χ1n) is 12.4. The third kappa shape index (κ3) is 8.07. The van der Waals surface area contributed by atoms with Gasteiger partial charge < -0.3 is 20.4 Å². The Balaban J connectivity index is 0.00000408. The number of fused-ring (bicyclic) bond motifs is 1. The lowest BCUT2D eigenvalue weighted by Crippen LogP contribution is -2.45. The molecule has 2 aromatic carbocycles. The second-order valence-corrected chi connectivity index (χ2v) is 8.85. The number of aromatic amines is 1. The number of H-pyrrole nitrogens is 1. The van der Waals surface area contributed by atoms with Crippen molar-refractivity contribution >= 4 is 29.2 Å². The Morgan fingerprint density at radius 1 is 1.00 bits per heavy atom. The number of aromatic nitrogens is 1. The van der Waals surface area contributed by atoms with Gasteiger partial charge in [0, 0.05) is 30.2 Å². The number of carbonyl (C=O) groups is 1. The number of amides is 1. The van der Waals surface area contributed by atoms with E-state index in [-0.39, 0.29) is 18.3 Å². The van der Waals surface area contributed by atoms with Gasteiger partial charge in [-0.2, -0.15) is 0 Å². The number of ether oxygens (including phenoxy) is 1. The highest BCUT2D eigenvalue weighted by Gasteiger charge is 2.22. The number of unbranched alkanes of at least 4 members (excludes halogenated alkanes) is 4. The van der Waals surface area contributed by atoms with Gasteiger partial charge in [-0.05, 0) is 48.6 Å². The average Bonchev–Trinajstić information content (AvgIpc) is 3.24. The van der Waals surface area contributed by atoms with Crippen LogP contribution < -0.4 is 10.5 Å². The van der Waals surface area contributed by atoms with Crippen LogP contribution in [-0.4, -0.2) is 34.9 Å². The first-order chi connectivity index (χ1) is 16.1. The van der Waals surface area contributed by atoms with Crippen LogP contribution in [0.2, 0.25) is 0 Å². The largest absolute Gasteiger partial charge is 0.489 e. The van der Waals surface area contributed by atoms with Crippen molar-refractivity contribution in [2.24, 2.45) is 5.73 Å². The summed E-state index contributed by atoms with van der Waals surface area (Å²) >= 11 is 0. The van der Waals surface area contributed by atoms with Crippen molar-refractivity contribution in [3.63, 3.8) is 0 Å². The van der Waals surface area contributed by atoms with Gasteiger partial charge in [0.05, 0.1) is 6.04 Å². The Labute approximate surface area is 210 Å². The number of rotatable bonds is 14. The maximum atomic E-state index is 13.2. The maximum absolute atomic E-state index is 13.2. The Bertz CT molecular complexity index is 980. The van der Waals surface area contributed by atoms with Crippen molar-refractivity contribution in [3.8, 4) is 5.75 Å². The van der Waals surface area contributed by atoms with E-state index in [2.05, 4.69) is 31.0 Å². The van der Waals surface area contributed by atoms with Crippen LogP contribution in [0, 0.1) is 0 Å². The lowest BCUT2D eigenvalue weighted by molar-refractivity contribution is -0.132. The topological polar surface area (TPSA) is 71.3 Å². The fraction of sp³-hybridized carbons (Fsp3) is 0.464. The predicted molar refractivity (Wildman–Crippen MR) is 144 cm³/mol. The number of benzene rings is 2. The molecule has 3 N–H and O–H groups in total. The smallest absolute Gasteiger partial charge is 0.239 e. The number of nitrogens with one attached hydrogen (secondary N) is 1. The van der Waals surface area contributed by atoms with Crippen LogP contribution >= 0.6 is 12.4 Å². The van der Waals surface area contributed by atoms with E-state index in [0.717, 1.165) is 79.4 Å². The molecule has 186 valence electrons. The van der Waals surface area contributed by atoms with Gasteiger partial charge in [-0.25, -0.2) is 0 Å². The molecule has 0 aliphatic heterocycles.